The highest BCUT2D eigenvalue weighted by Crippen LogP contribution is 2.34. The number of imidazole rings is 1. The molecule has 0 spiro atoms. The van der Waals surface area contributed by atoms with E-state index in [9.17, 15) is 18.0 Å². The summed E-state index contributed by atoms with van der Waals surface area (Å²) in [5.74, 6) is -0.504. The fourth-order valence-electron chi connectivity index (χ4n) is 3.58. The van der Waals surface area contributed by atoms with Crippen molar-refractivity contribution in [1.82, 2.24) is 14.5 Å². The van der Waals surface area contributed by atoms with Gasteiger partial charge in [0.15, 0.2) is 5.13 Å². The van der Waals surface area contributed by atoms with Crippen molar-refractivity contribution in [3.63, 3.8) is 0 Å². The van der Waals surface area contributed by atoms with Gasteiger partial charge in [-0.2, -0.15) is 13.2 Å². The topological polar surface area (TPSA) is 51.0 Å². The minimum Gasteiger partial charge on any atom is -0.337 e. The van der Waals surface area contributed by atoms with Crippen molar-refractivity contribution in [2.75, 3.05) is 11.4 Å². The second-order valence-electron chi connectivity index (χ2n) is 7.62. The van der Waals surface area contributed by atoms with Gasteiger partial charge in [0.25, 0.3) is 5.91 Å². The number of hydrogen-bond acceptors (Lipinski definition) is 4. The summed E-state index contributed by atoms with van der Waals surface area (Å²) in [6, 6.07) is 8.51. The molecule has 4 rings (SSSR count). The second kappa shape index (κ2) is 8.74. The van der Waals surface area contributed by atoms with E-state index >= 15 is 0 Å². The monoisotopic (exact) mass is 458 g/mol. The van der Waals surface area contributed by atoms with Gasteiger partial charge < -0.3 is 4.57 Å². The number of halogens is 3. The van der Waals surface area contributed by atoms with Gasteiger partial charge in [0, 0.05) is 31.0 Å². The Kier molecular flexibility index (Phi) is 6.01. The van der Waals surface area contributed by atoms with Crippen molar-refractivity contribution in [1.29, 1.82) is 0 Å². The molecule has 32 heavy (non-hydrogen) atoms. The molecule has 166 valence electrons. The number of anilines is 1. The first-order chi connectivity index (χ1) is 15.2. The normalized spacial score (nSPS) is 11.8. The number of alkyl halides is 3. The Bertz CT molecular complexity index is 1250. The minimum atomic E-state index is -4.52. The molecule has 0 radical (unpaired) electrons. The van der Waals surface area contributed by atoms with Gasteiger partial charge in [-0.3, -0.25) is 9.69 Å². The molecular formula is C23H21F3N4OS. The molecule has 0 aliphatic rings. The summed E-state index contributed by atoms with van der Waals surface area (Å²) in [6.07, 6.45) is 1.25. The van der Waals surface area contributed by atoms with E-state index in [4.69, 9.17) is 0 Å². The maximum Gasteiger partial charge on any atom is 0.416 e. The number of nitrogens with zero attached hydrogens (tertiary/aromatic N) is 4. The van der Waals surface area contributed by atoms with Crippen LogP contribution in [-0.4, -0.2) is 27.0 Å². The van der Waals surface area contributed by atoms with Gasteiger partial charge in [0.1, 0.15) is 0 Å². The Morgan fingerprint density at radius 2 is 2.00 bits per heavy atom. The van der Waals surface area contributed by atoms with Gasteiger partial charge in [-0.25, -0.2) is 9.97 Å². The lowest BCUT2D eigenvalue weighted by molar-refractivity contribution is -0.137. The quantitative estimate of drug-likeness (QED) is 0.363. The SMILES string of the molecule is Cc1cc(C)c2sc(N(CCCn3ccnc3)C(=O)c3cccc(C(F)(F)F)c3)nc2c1. The molecule has 5 nitrogen and oxygen atoms in total. The van der Waals surface area contributed by atoms with E-state index in [0.717, 1.165) is 33.5 Å². The number of fused-ring (bicyclic) bond motifs is 1. The van der Waals surface area contributed by atoms with Crippen molar-refractivity contribution < 1.29 is 18.0 Å². The van der Waals surface area contributed by atoms with Crippen LogP contribution in [0.25, 0.3) is 10.2 Å². The summed E-state index contributed by atoms with van der Waals surface area (Å²) < 4.78 is 42.4. The molecule has 0 fully saturated rings. The van der Waals surface area contributed by atoms with Crippen LogP contribution in [-0.2, 0) is 12.7 Å². The summed E-state index contributed by atoms with van der Waals surface area (Å²) in [5, 5.41) is 0.474. The van der Waals surface area contributed by atoms with Crippen LogP contribution >= 0.6 is 11.3 Å². The van der Waals surface area contributed by atoms with Crippen LogP contribution in [0.3, 0.4) is 0 Å². The van der Waals surface area contributed by atoms with Gasteiger partial charge in [-0.1, -0.05) is 23.5 Å². The van der Waals surface area contributed by atoms with Crippen LogP contribution < -0.4 is 4.90 Å². The molecule has 0 saturated carbocycles. The highest BCUT2D eigenvalue weighted by molar-refractivity contribution is 7.22. The van der Waals surface area contributed by atoms with Crippen molar-refractivity contribution in [2.45, 2.75) is 33.0 Å². The van der Waals surface area contributed by atoms with Crippen LogP contribution in [0.15, 0.2) is 55.1 Å². The number of aryl methyl sites for hydroxylation is 3. The third-order valence-electron chi connectivity index (χ3n) is 5.08. The van der Waals surface area contributed by atoms with Crippen LogP contribution in [0, 0.1) is 13.8 Å². The van der Waals surface area contributed by atoms with Crippen LogP contribution in [0.4, 0.5) is 18.3 Å². The molecule has 0 aliphatic heterocycles. The van der Waals surface area contributed by atoms with E-state index in [1.807, 2.05) is 36.7 Å². The Morgan fingerprint density at radius 3 is 2.72 bits per heavy atom. The van der Waals surface area contributed by atoms with Crippen LogP contribution in [0.5, 0.6) is 0 Å². The third-order valence-corrected chi connectivity index (χ3v) is 6.31. The smallest absolute Gasteiger partial charge is 0.337 e. The number of rotatable bonds is 6. The third kappa shape index (κ3) is 4.67. The first-order valence-electron chi connectivity index (χ1n) is 10.0. The molecule has 4 aromatic rings. The predicted molar refractivity (Wildman–Crippen MR) is 119 cm³/mol. The first kappa shape index (κ1) is 22.0. The number of aromatic nitrogens is 3. The molecule has 2 heterocycles. The number of carbonyl (C=O) groups is 1. The summed E-state index contributed by atoms with van der Waals surface area (Å²) in [6.45, 7) is 4.89. The van der Waals surface area contributed by atoms with Gasteiger partial charge in [-0.05, 0) is 55.7 Å². The highest BCUT2D eigenvalue weighted by Gasteiger charge is 2.31. The average molecular weight is 459 g/mol. The molecule has 0 bridgehead atoms. The Labute approximate surface area is 187 Å². The van der Waals surface area contributed by atoms with E-state index in [2.05, 4.69) is 9.97 Å². The Hall–Kier alpha value is -3.20. The van der Waals surface area contributed by atoms with Gasteiger partial charge in [0.05, 0.1) is 22.1 Å². The number of benzene rings is 2. The zero-order valence-corrected chi connectivity index (χ0v) is 18.4. The number of amides is 1. The summed E-state index contributed by atoms with van der Waals surface area (Å²) in [4.78, 5) is 23.5. The predicted octanol–water partition coefficient (Wildman–Crippen LogP) is 5.87. The molecule has 2 aromatic heterocycles. The Morgan fingerprint density at radius 1 is 1.19 bits per heavy atom. The maximum absolute atomic E-state index is 13.4. The number of hydrogen-bond donors (Lipinski definition) is 0. The highest BCUT2D eigenvalue weighted by atomic mass is 32.1. The van der Waals surface area contributed by atoms with E-state index < -0.39 is 17.6 Å². The molecule has 9 heteroatoms. The maximum atomic E-state index is 13.4. The lowest BCUT2D eigenvalue weighted by Crippen LogP contribution is -2.32. The molecule has 1 amide bonds. The first-order valence-corrected chi connectivity index (χ1v) is 10.9. The molecule has 0 aliphatic carbocycles. The fourth-order valence-corrected chi connectivity index (χ4v) is 4.62. The molecule has 0 atom stereocenters. The van der Waals surface area contributed by atoms with Crippen molar-refractivity contribution in [3.8, 4) is 0 Å². The van der Waals surface area contributed by atoms with Crippen molar-refractivity contribution in [3.05, 3.63) is 77.4 Å². The van der Waals surface area contributed by atoms with E-state index in [-0.39, 0.29) is 5.56 Å². The molecule has 0 unspecified atom stereocenters. The van der Waals surface area contributed by atoms with Crippen molar-refractivity contribution >= 4 is 32.6 Å². The Balaban J connectivity index is 1.69. The lowest BCUT2D eigenvalue weighted by atomic mass is 10.1. The van der Waals surface area contributed by atoms with Gasteiger partial charge in [-0.15, -0.1) is 0 Å². The van der Waals surface area contributed by atoms with Crippen LogP contribution in [0.2, 0.25) is 0 Å². The van der Waals surface area contributed by atoms with Gasteiger partial charge >= 0.3 is 6.18 Å². The van der Waals surface area contributed by atoms with Crippen molar-refractivity contribution in [2.24, 2.45) is 0 Å². The summed E-state index contributed by atoms with van der Waals surface area (Å²) in [5.41, 5.74) is 2.02. The van der Waals surface area contributed by atoms with Crippen LogP contribution in [0.1, 0.15) is 33.5 Å². The average Bonchev–Trinajstić information content (AvgIpc) is 3.40. The molecule has 0 N–H and O–H groups in total. The lowest BCUT2D eigenvalue weighted by Gasteiger charge is -2.20. The zero-order valence-electron chi connectivity index (χ0n) is 17.6. The summed E-state index contributed by atoms with van der Waals surface area (Å²) in [7, 11) is 0. The minimum absolute atomic E-state index is 0.0189. The summed E-state index contributed by atoms with van der Waals surface area (Å²) >= 11 is 1.37. The fraction of sp³-hybridized carbons (Fsp3) is 0.261. The number of carbonyl (C=O) groups excluding carboxylic acids is 1. The molecule has 2 aromatic carbocycles. The zero-order chi connectivity index (χ0) is 22.9. The van der Waals surface area contributed by atoms with E-state index in [0.29, 0.717) is 24.6 Å². The second-order valence-corrected chi connectivity index (χ2v) is 8.59. The molecule has 0 saturated heterocycles. The van der Waals surface area contributed by atoms with E-state index in [1.54, 1.807) is 12.5 Å². The van der Waals surface area contributed by atoms with E-state index in [1.165, 1.54) is 28.4 Å². The largest absolute Gasteiger partial charge is 0.416 e. The number of thiazole rings is 1. The van der Waals surface area contributed by atoms with Gasteiger partial charge in [0.2, 0.25) is 0 Å². The molecular weight excluding hydrogens is 437 g/mol. The standard InChI is InChI=1S/C23H21F3N4OS/c1-15-11-16(2)20-19(12-15)28-22(32-20)30(9-4-8-29-10-7-27-14-29)21(31)17-5-3-6-18(13-17)23(24,25)26/h3,5-7,10-14H,4,8-9H2,1-2H3.